The Labute approximate surface area is 67.0 Å². The molecule has 0 aromatic carbocycles. The fraction of sp³-hybridized carbons (Fsp3) is 0. The van der Waals surface area contributed by atoms with Crippen molar-refractivity contribution in [3.63, 3.8) is 0 Å². The molecule has 0 saturated heterocycles. The molecule has 0 bridgehead atoms. The van der Waals surface area contributed by atoms with E-state index in [2.05, 4.69) is 15.4 Å². The Morgan fingerprint density at radius 2 is 2.18 bits per heavy atom. The van der Waals surface area contributed by atoms with Gasteiger partial charge >= 0.3 is 0 Å². The van der Waals surface area contributed by atoms with Gasteiger partial charge in [-0.1, -0.05) is 11.6 Å². The first-order valence-corrected chi connectivity index (χ1v) is 3.27. The van der Waals surface area contributed by atoms with Crippen LogP contribution in [0.4, 0.5) is 0 Å². The van der Waals surface area contributed by atoms with E-state index in [1.165, 1.54) is 6.08 Å². The summed E-state index contributed by atoms with van der Waals surface area (Å²) in [5.41, 5.74) is 0.719. The Balaban J connectivity index is 2.54. The predicted octanol–water partition coefficient (Wildman–Crippen LogP) is 1.40. The molecule has 2 aliphatic rings. The summed E-state index contributed by atoms with van der Waals surface area (Å²) in [4.78, 5) is 11.0. The molecular weight excluding hydrogens is 166 g/mol. The summed E-state index contributed by atoms with van der Waals surface area (Å²) >= 11 is 5.59. The molecule has 11 heavy (non-hydrogen) atoms. The Morgan fingerprint density at radius 1 is 1.36 bits per heavy atom. The van der Waals surface area contributed by atoms with Gasteiger partial charge in [0.05, 0.1) is 0 Å². The summed E-state index contributed by atoms with van der Waals surface area (Å²) in [6.45, 7) is 0. The van der Waals surface area contributed by atoms with Gasteiger partial charge in [0.2, 0.25) is 5.78 Å². The van der Waals surface area contributed by atoms with Gasteiger partial charge in [-0.15, -0.1) is 10.2 Å². The van der Waals surface area contributed by atoms with Crippen LogP contribution in [0.25, 0.3) is 0 Å². The van der Waals surface area contributed by atoms with Crippen LogP contribution < -0.4 is 0 Å². The van der Waals surface area contributed by atoms with Crippen molar-refractivity contribution in [2.45, 2.75) is 0 Å². The average Bonchev–Trinajstić information content (AvgIpc) is 2.34. The molecule has 0 aromatic heterocycles. The molecule has 4 nitrogen and oxygen atoms in total. The highest BCUT2D eigenvalue weighted by Gasteiger charge is 2.22. The number of nitrogens with zero attached hydrogens (tertiary/aromatic N) is 3. The van der Waals surface area contributed by atoms with Crippen molar-refractivity contribution < 1.29 is 4.79 Å². The van der Waals surface area contributed by atoms with Gasteiger partial charge in [0.25, 0.3) is 0 Å². The van der Waals surface area contributed by atoms with Gasteiger partial charge in [0.15, 0.2) is 5.71 Å². The lowest BCUT2D eigenvalue weighted by atomic mass is 10.1. The van der Waals surface area contributed by atoms with Crippen molar-refractivity contribution in [2.24, 2.45) is 15.4 Å². The van der Waals surface area contributed by atoms with E-state index in [-0.39, 0.29) is 11.5 Å². The zero-order valence-corrected chi connectivity index (χ0v) is 6.04. The maximum Gasteiger partial charge on any atom is 0.209 e. The molecule has 1 heterocycles. The first-order valence-electron chi connectivity index (χ1n) is 2.90. The highest BCUT2D eigenvalue weighted by atomic mass is 35.5. The highest BCUT2D eigenvalue weighted by molar-refractivity contribution is 6.53. The first kappa shape index (κ1) is 6.42. The largest absolute Gasteiger partial charge is 0.287 e. The number of hydrogen-bond acceptors (Lipinski definition) is 4. The van der Waals surface area contributed by atoms with Crippen LogP contribution >= 0.6 is 11.6 Å². The molecule has 1 aliphatic heterocycles. The van der Waals surface area contributed by atoms with E-state index in [9.17, 15) is 4.79 Å². The van der Waals surface area contributed by atoms with Crippen LogP contribution in [0.15, 0.2) is 38.3 Å². The second-order valence-corrected chi connectivity index (χ2v) is 2.50. The minimum Gasteiger partial charge on any atom is -0.287 e. The van der Waals surface area contributed by atoms with Gasteiger partial charge in [-0.25, -0.2) is 0 Å². The molecular formula is C6H2ClN3O. The van der Waals surface area contributed by atoms with Crippen molar-refractivity contribution in [3.05, 3.63) is 22.9 Å². The predicted molar refractivity (Wildman–Crippen MR) is 39.3 cm³/mol. The average molecular weight is 168 g/mol. The number of carbonyl (C=O) groups is 1. The van der Waals surface area contributed by atoms with E-state index in [0.717, 1.165) is 0 Å². The number of halogens is 1. The molecule has 0 radical (unpaired) electrons. The number of allylic oxidation sites excluding steroid dienone is 4. The summed E-state index contributed by atoms with van der Waals surface area (Å²) in [5, 5.41) is 10.8. The van der Waals surface area contributed by atoms with E-state index < -0.39 is 0 Å². The summed E-state index contributed by atoms with van der Waals surface area (Å²) in [6.07, 6.45) is 2.85. The number of ketones is 1. The lowest BCUT2D eigenvalue weighted by Crippen LogP contribution is -2.14. The van der Waals surface area contributed by atoms with Crippen LogP contribution in [0.1, 0.15) is 0 Å². The Hall–Kier alpha value is -1.29. The third-order valence-corrected chi connectivity index (χ3v) is 1.53. The smallest absolute Gasteiger partial charge is 0.209 e. The van der Waals surface area contributed by atoms with Crippen molar-refractivity contribution >= 4 is 23.1 Å². The van der Waals surface area contributed by atoms with Gasteiger partial charge in [0.1, 0.15) is 5.70 Å². The summed E-state index contributed by atoms with van der Waals surface area (Å²) in [7, 11) is 0. The fourth-order valence-corrected chi connectivity index (χ4v) is 1.05. The fourth-order valence-electron chi connectivity index (χ4n) is 0.852. The normalized spacial score (nSPS) is 20.8. The molecule has 0 N–H and O–H groups in total. The standard InChI is InChI=1S/C6H2ClN3O/c7-3-1-4-6(5(11)2-3)9-10-8-4/h1-2H. The van der Waals surface area contributed by atoms with Crippen molar-refractivity contribution in [3.8, 4) is 0 Å². The third kappa shape index (κ3) is 0.914. The van der Waals surface area contributed by atoms with Gasteiger partial charge in [-0.2, -0.15) is 0 Å². The molecule has 0 fully saturated rings. The van der Waals surface area contributed by atoms with Crippen LogP contribution in [0.5, 0.6) is 0 Å². The van der Waals surface area contributed by atoms with Crippen LogP contribution in [0, 0.1) is 0 Å². The number of carbonyl (C=O) groups excluding carboxylic acids is 1. The van der Waals surface area contributed by atoms with Gasteiger partial charge in [-0.05, 0) is 11.3 Å². The Kier molecular flexibility index (Phi) is 1.22. The zero-order valence-electron chi connectivity index (χ0n) is 5.28. The minimum absolute atomic E-state index is 0.238. The molecule has 0 aromatic rings. The van der Waals surface area contributed by atoms with Crippen LogP contribution in [0.2, 0.25) is 0 Å². The number of rotatable bonds is 0. The second kappa shape index (κ2) is 2.10. The zero-order chi connectivity index (χ0) is 7.84. The van der Waals surface area contributed by atoms with Gasteiger partial charge < -0.3 is 0 Å². The molecule has 54 valence electrons. The maximum absolute atomic E-state index is 11.0. The summed E-state index contributed by atoms with van der Waals surface area (Å²) < 4.78 is 0. The van der Waals surface area contributed by atoms with Gasteiger partial charge in [-0.3, -0.25) is 4.79 Å². The molecule has 2 rings (SSSR count). The van der Waals surface area contributed by atoms with E-state index in [0.29, 0.717) is 10.7 Å². The van der Waals surface area contributed by atoms with E-state index in [4.69, 9.17) is 11.6 Å². The van der Waals surface area contributed by atoms with Crippen molar-refractivity contribution in [1.29, 1.82) is 0 Å². The first-order chi connectivity index (χ1) is 5.27. The topological polar surface area (TPSA) is 54.1 Å². The van der Waals surface area contributed by atoms with Crippen LogP contribution in [-0.4, -0.2) is 11.5 Å². The summed E-state index contributed by atoms with van der Waals surface area (Å²) in [5.74, 6) is -0.238. The third-order valence-electron chi connectivity index (χ3n) is 1.32. The quantitative estimate of drug-likeness (QED) is 0.503. The van der Waals surface area contributed by atoms with E-state index in [1.54, 1.807) is 6.08 Å². The number of hydrogen-bond donors (Lipinski definition) is 0. The molecule has 0 atom stereocenters. The highest BCUT2D eigenvalue weighted by Crippen LogP contribution is 2.20. The molecule has 5 heteroatoms. The second-order valence-electron chi connectivity index (χ2n) is 2.06. The van der Waals surface area contributed by atoms with Crippen LogP contribution in [0.3, 0.4) is 0 Å². The molecule has 0 amide bonds. The number of fused-ring (bicyclic) bond motifs is 1. The SMILES string of the molecule is O=C1C=C(Cl)C=C2N=NN=C12. The molecule has 0 saturated carbocycles. The maximum atomic E-state index is 11.0. The Bertz CT molecular complexity index is 351. The molecule has 1 aliphatic carbocycles. The van der Waals surface area contributed by atoms with Crippen molar-refractivity contribution in [1.82, 2.24) is 0 Å². The van der Waals surface area contributed by atoms with Crippen molar-refractivity contribution in [2.75, 3.05) is 0 Å². The minimum atomic E-state index is -0.238. The van der Waals surface area contributed by atoms with Crippen LogP contribution in [-0.2, 0) is 4.79 Å². The van der Waals surface area contributed by atoms with Gasteiger partial charge in [0, 0.05) is 11.1 Å². The summed E-state index contributed by atoms with van der Waals surface area (Å²) in [6, 6.07) is 0. The lowest BCUT2D eigenvalue weighted by molar-refractivity contribution is -0.108. The lowest BCUT2D eigenvalue weighted by Gasteiger charge is -2.00. The van der Waals surface area contributed by atoms with E-state index >= 15 is 0 Å². The molecule has 0 spiro atoms. The molecule has 0 unspecified atom stereocenters. The van der Waals surface area contributed by atoms with E-state index in [1.807, 2.05) is 0 Å². The Morgan fingerprint density at radius 3 is 3.00 bits per heavy atom. The monoisotopic (exact) mass is 167 g/mol.